The molecule has 3 N–H and O–H groups in total. The highest BCUT2D eigenvalue weighted by molar-refractivity contribution is 6.30. The Morgan fingerprint density at radius 1 is 1.39 bits per heavy atom. The van der Waals surface area contributed by atoms with Crippen molar-refractivity contribution in [3.8, 4) is 0 Å². The molecule has 0 heterocycles. The minimum absolute atomic E-state index is 0.0568. The van der Waals surface area contributed by atoms with E-state index >= 15 is 0 Å². The summed E-state index contributed by atoms with van der Waals surface area (Å²) in [6, 6.07) is 3.68. The van der Waals surface area contributed by atoms with Gasteiger partial charge < -0.3 is 4.74 Å². The predicted molar refractivity (Wildman–Crippen MR) is 62.9 cm³/mol. The minimum atomic E-state index is -2.51. The van der Waals surface area contributed by atoms with E-state index in [4.69, 9.17) is 22.2 Å². The molecule has 0 aromatic heterocycles. The average Bonchev–Trinajstić information content (AvgIpc) is 2.30. The molecule has 7 heteroatoms. The Bertz CT molecular complexity index is 379. The van der Waals surface area contributed by atoms with Crippen molar-refractivity contribution < 1.29 is 17.9 Å². The Labute approximate surface area is 108 Å². The first kappa shape index (κ1) is 15.2. The van der Waals surface area contributed by atoms with Crippen LogP contribution in [-0.4, -0.2) is 19.6 Å². The predicted octanol–water partition coefficient (Wildman–Crippen LogP) is 2.66. The maximum absolute atomic E-state index is 13.6. The van der Waals surface area contributed by atoms with Crippen LogP contribution < -0.4 is 11.3 Å². The standard InChI is InChI=1S/C11H14ClF3N2O/c12-7-1-2-8(9(13)5-7)10(17-16)3-4-18-6-11(14)15/h1-2,5,10-11,17H,3-4,6,16H2. The molecule has 1 aromatic rings. The van der Waals surface area contributed by atoms with Gasteiger partial charge in [0.15, 0.2) is 0 Å². The third-order valence-corrected chi connectivity index (χ3v) is 2.57. The van der Waals surface area contributed by atoms with Crippen LogP contribution in [0.5, 0.6) is 0 Å². The van der Waals surface area contributed by atoms with Crippen molar-refractivity contribution in [1.82, 2.24) is 5.43 Å². The molecule has 1 atom stereocenters. The molecule has 0 fully saturated rings. The molecule has 0 aliphatic rings. The zero-order chi connectivity index (χ0) is 13.5. The van der Waals surface area contributed by atoms with Gasteiger partial charge in [0.1, 0.15) is 12.4 Å². The summed E-state index contributed by atoms with van der Waals surface area (Å²) in [4.78, 5) is 0. The highest BCUT2D eigenvalue weighted by atomic mass is 35.5. The van der Waals surface area contributed by atoms with Crippen molar-refractivity contribution in [1.29, 1.82) is 0 Å². The molecule has 0 saturated carbocycles. The number of hydrogen-bond acceptors (Lipinski definition) is 3. The fourth-order valence-corrected chi connectivity index (χ4v) is 1.65. The summed E-state index contributed by atoms with van der Waals surface area (Å²) in [5.41, 5.74) is 2.74. The summed E-state index contributed by atoms with van der Waals surface area (Å²) >= 11 is 5.63. The smallest absolute Gasteiger partial charge is 0.261 e. The van der Waals surface area contributed by atoms with Gasteiger partial charge in [-0.2, -0.15) is 0 Å². The number of hydrogen-bond donors (Lipinski definition) is 2. The quantitative estimate of drug-likeness (QED) is 0.459. The summed E-state index contributed by atoms with van der Waals surface area (Å²) in [6.45, 7) is -0.582. The molecule has 0 aliphatic heterocycles. The van der Waals surface area contributed by atoms with Crippen molar-refractivity contribution >= 4 is 11.6 Å². The van der Waals surface area contributed by atoms with Crippen LogP contribution >= 0.6 is 11.6 Å². The molecule has 1 aromatic carbocycles. The Morgan fingerprint density at radius 3 is 2.67 bits per heavy atom. The van der Waals surface area contributed by atoms with E-state index in [2.05, 4.69) is 5.43 Å². The van der Waals surface area contributed by atoms with Gasteiger partial charge in [-0.3, -0.25) is 11.3 Å². The lowest BCUT2D eigenvalue weighted by atomic mass is 10.0. The van der Waals surface area contributed by atoms with Gasteiger partial charge >= 0.3 is 0 Å². The number of nitrogens with one attached hydrogen (secondary N) is 1. The van der Waals surface area contributed by atoms with Crippen LogP contribution in [0.1, 0.15) is 18.0 Å². The first-order valence-corrected chi connectivity index (χ1v) is 5.69. The van der Waals surface area contributed by atoms with Gasteiger partial charge in [-0.1, -0.05) is 17.7 Å². The number of ether oxygens (including phenoxy) is 1. The molecule has 3 nitrogen and oxygen atoms in total. The third-order valence-electron chi connectivity index (χ3n) is 2.33. The average molecular weight is 283 g/mol. The van der Waals surface area contributed by atoms with Gasteiger partial charge in [0.2, 0.25) is 0 Å². The summed E-state index contributed by atoms with van der Waals surface area (Å²) < 4.78 is 42.0. The lowest BCUT2D eigenvalue weighted by Crippen LogP contribution is -2.29. The molecule has 0 amide bonds. The number of halogens is 4. The number of alkyl halides is 2. The fourth-order valence-electron chi connectivity index (χ4n) is 1.49. The largest absolute Gasteiger partial charge is 0.375 e. The van der Waals surface area contributed by atoms with E-state index in [9.17, 15) is 13.2 Å². The fraction of sp³-hybridized carbons (Fsp3) is 0.455. The molecule has 18 heavy (non-hydrogen) atoms. The molecule has 102 valence electrons. The van der Waals surface area contributed by atoms with Crippen LogP contribution in [0.25, 0.3) is 0 Å². The van der Waals surface area contributed by atoms with Gasteiger partial charge in [-0.05, 0) is 18.6 Å². The van der Waals surface area contributed by atoms with Crippen LogP contribution in [0.3, 0.4) is 0 Å². The molecular formula is C11H14ClF3N2O. The number of hydrazine groups is 1. The van der Waals surface area contributed by atoms with E-state index in [1.807, 2.05) is 0 Å². The topological polar surface area (TPSA) is 47.3 Å². The molecule has 0 saturated heterocycles. The molecule has 1 unspecified atom stereocenters. The maximum atomic E-state index is 13.6. The monoisotopic (exact) mass is 282 g/mol. The van der Waals surface area contributed by atoms with E-state index in [1.54, 1.807) is 0 Å². The Balaban J connectivity index is 2.54. The van der Waals surface area contributed by atoms with Crippen LogP contribution in [0, 0.1) is 5.82 Å². The van der Waals surface area contributed by atoms with E-state index in [-0.39, 0.29) is 18.1 Å². The number of benzene rings is 1. The Kier molecular flexibility index (Phi) is 6.42. The number of rotatable bonds is 7. The van der Waals surface area contributed by atoms with Crippen molar-refractivity contribution in [2.24, 2.45) is 5.84 Å². The van der Waals surface area contributed by atoms with Crippen molar-refractivity contribution in [3.63, 3.8) is 0 Å². The van der Waals surface area contributed by atoms with Crippen molar-refractivity contribution in [2.75, 3.05) is 13.2 Å². The molecule has 0 bridgehead atoms. The molecule has 1 rings (SSSR count). The lowest BCUT2D eigenvalue weighted by molar-refractivity contribution is 0.0143. The molecule has 0 spiro atoms. The SMILES string of the molecule is NNC(CCOCC(F)F)c1ccc(Cl)cc1F. The lowest BCUT2D eigenvalue weighted by Gasteiger charge is -2.17. The Hall–Kier alpha value is -0.820. The van der Waals surface area contributed by atoms with Crippen molar-refractivity contribution in [3.05, 3.63) is 34.6 Å². The molecule has 0 radical (unpaired) electrons. The first-order valence-electron chi connectivity index (χ1n) is 5.31. The van der Waals surface area contributed by atoms with Gasteiger partial charge in [-0.15, -0.1) is 0 Å². The second kappa shape index (κ2) is 7.58. The van der Waals surface area contributed by atoms with E-state index < -0.39 is 24.9 Å². The third kappa shape index (κ3) is 4.81. The van der Waals surface area contributed by atoms with Crippen LogP contribution in [0.2, 0.25) is 5.02 Å². The van der Waals surface area contributed by atoms with E-state index in [0.29, 0.717) is 5.56 Å². The van der Waals surface area contributed by atoms with Gasteiger partial charge in [0.05, 0.1) is 6.04 Å². The second-order valence-corrected chi connectivity index (χ2v) is 4.08. The summed E-state index contributed by atoms with van der Waals surface area (Å²) in [7, 11) is 0. The minimum Gasteiger partial charge on any atom is -0.375 e. The highest BCUT2D eigenvalue weighted by Crippen LogP contribution is 2.22. The summed E-state index contributed by atoms with van der Waals surface area (Å²) in [6.07, 6.45) is -2.23. The normalized spacial score (nSPS) is 13.0. The van der Waals surface area contributed by atoms with Crippen LogP contribution in [0.15, 0.2) is 18.2 Å². The molecular weight excluding hydrogens is 269 g/mol. The zero-order valence-corrected chi connectivity index (χ0v) is 10.3. The van der Waals surface area contributed by atoms with Gasteiger partial charge in [0.25, 0.3) is 6.43 Å². The van der Waals surface area contributed by atoms with Crippen molar-refractivity contribution in [2.45, 2.75) is 18.9 Å². The van der Waals surface area contributed by atoms with Crippen LogP contribution in [0.4, 0.5) is 13.2 Å². The van der Waals surface area contributed by atoms with Gasteiger partial charge in [0, 0.05) is 17.2 Å². The Morgan fingerprint density at radius 2 is 2.11 bits per heavy atom. The van der Waals surface area contributed by atoms with E-state index in [0.717, 1.165) is 0 Å². The van der Waals surface area contributed by atoms with E-state index in [1.165, 1.54) is 18.2 Å². The summed E-state index contributed by atoms with van der Waals surface area (Å²) in [5.74, 6) is 4.80. The highest BCUT2D eigenvalue weighted by Gasteiger charge is 2.15. The summed E-state index contributed by atoms with van der Waals surface area (Å²) in [5, 5.41) is 0.279. The van der Waals surface area contributed by atoms with Gasteiger partial charge in [-0.25, -0.2) is 13.2 Å². The zero-order valence-electron chi connectivity index (χ0n) is 9.51. The van der Waals surface area contributed by atoms with Crippen LogP contribution in [-0.2, 0) is 4.74 Å². The second-order valence-electron chi connectivity index (χ2n) is 3.64. The molecule has 0 aliphatic carbocycles. The maximum Gasteiger partial charge on any atom is 0.261 e. The number of nitrogens with two attached hydrogens (primary N) is 1. The first-order chi connectivity index (χ1) is 8.54.